The third-order valence-electron chi connectivity index (χ3n) is 2.22. The van der Waals surface area contributed by atoms with Gasteiger partial charge in [-0.1, -0.05) is 0 Å². The van der Waals surface area contributed by atoms with Crippen molar-refractivity contribution in [1.29, 1.82) is 0 Å². The Morgan fingerprint density at radius 1 is 1.70 bits per heavy atom. The van der Waals surface area contributed by atoms with Crippen LogP contribution in [-0.2, 0) is 0 Å². The number of nitrogens with two attached hydrogens (primary N) is 1. The second-order valence-corrected chi connectivity index (χ2v) is 2.96. The van der Waals surface area contributed by atoms with Crippen LogP contribution in [0.2, 0.25) is 0 Å². The molecule has 0 aliphatic carbocycles. The molecule has 1 rings (SSSR count). The van der Waals surface area contributed by atoms with E-state index in [1.54, 1.807) is 0 Å². The number of quaternary nitrogens is 1. The van der Waals surface area contributed by atoms with E-state index in [1.807, 2.05) is 0 Å². The molecule has 3 heteroatoms. The molecule has 1 aliphatic heterocycles. The van der Waals surface area contributed by atoms with Crippen LogP contribution in [0.25, 0.3) is 0 Å². The van der Waals surface area contributed by atoms with E-state index in [2.05, 4.69) is 17.3 Å². The van der Waals surface area contributed by atoms with E-state index < -0.39 is 0 Å². The Hall–Kier alpha value is -0.120. The summed E-state index contributed by atoms with van der Waals surface area (Å²) in [5.41, 5.74) is 0. The molecule has 0 saturated carbocycles. The van der Waals surface area contributed by atoms with Crippen LogP contribution >= 0.6 is 0 Å². The van der Waals surface area contributed by atoms with E-state index in [9.17, 15) is 0 Å². The molecule has 0 spiro atoms. The van der Waals surface area contributed by atoms with Crippen LogP contribution < -0.4 is 5.32 Å². The molecular formula is C7H17N2O+. The zero-order valence-electron chi connectivity index (χ0n) is 6.58. The summed E-state index contributed by atoms with van der Waals surface area (Å²) in [5.74, 6) is 0. The van der Waals surface area contributed by atoms with Gasteiger partial charge in [-0.3, -0.25) is 4.90 Å². The molecule has 10 heavy (non-hydrogen) atoms. The summed E-state index contributed by atoms with van der Waals surface area (Å²) in [6.07, 6.45) is 1.27. The average molecular weight is 145 g/mol. The van der Waals surface area contributed by atoms with E-state index >= 15 is 0 Å². The van der Waals surface area contributed by atoms with Crippen molar-refractivity contribution in [2.45, 2.75) is 12.5 Å². The predicted molar refractivity (Wildman–Crippen MR) is 39.8 cm³/mol. The molecular weight excluding hydrogens is 128 g/mol. The van der Waals surface area contributed by atoms with Crippen molar-refractivity contribution in [3.63, 3.8) is 0 Å². The van der Waals surface area contributed by atoms with Crippen molar-refractivity contribution in [3.05, 3.63) is 0 Å². The second kappa shape index (κ2) is 3.91. The van der Waals surface area contributed by atoms with Gasteiger partial charge in [0.2, 0.25) is 0 Å². The fraction of sp³-hybridized carbons (Fsp3) is 1.00. The minimum Gasteiger partial charge on any atom is -0.395 e. The first-order valence-electron chi connectivity index (χ1n) is 3.97. The summed E-state index contributed by atoms with van der Waals surface area (Å²) < 4.78 is 0. The van der Waals surface area contributed by atoms with Crippen LogP contribution in [0.1, 0.15) is 6.42 Å². The van der Waals surface area contributed by atoms with Gasteiger partial charge in [0.25, 0.3) is 0 Å². The number of aliphatic hydroxyl groups excluding tert-OH is 1. The maximum absolute atomic E-state index is 8.65. The normalized spacial score (nSPS) is 26.1. The van der Waals surface area contributed by atoms with Crippen molar-refractivity contribution in [2.75, 3.05) is 33.3 Å². The SMILES string of the molecule is CN(CCO)C1CC[NH2+]C1. The first-order valence-corrected chi connectivity index (χ1v) is 3.97. The highest BCUT2D eigenvalue weighted by molar-refractivity contribution is 4.69. The van der Waals surface area contributed by atoms with Crippen LogP contribution in [-0.4, -0.2) is 49.3 Å². The van der Waals surface area contributed by atoms with Crippen LogP contribution in [0.4, 0.5) is 0 Å². The molecule has 0 amide bonds. The highest BCUT2D eigenvalue weighted by Crippen LogP contribution is 2.00. The number of aliphatic hydroxyl groups is 1. The Morgan fingerprint density at radius 2 is 2.50 bits per heavy atom. The Balaban J connectivity index is 2.18. The minimum absolute atomic E-state index is 0.285. The van der Waals surface area contributed by atoms with Crippen LogP contribution in [0.3, 0.4) is 0 Å². The second-order valence-electron chi connectivity index (χ2n) is 2.96. The van der Waals surface area contributed by atoms with Gasteiger partial charge < -0.3 is 10.4 Å². The topological polar surface area (TPSA) is 40.1 Å². The summed E-state index contributed by atoms with van der Waals surface area (Å²) in [6, 6.07) is 0.701. The average Bonchev–Trinajstić information content (AvgIpc) is 2.38. The van der Waals surface area contributed by atoms with Crippen molar-refractivity contribution in [2.24, 2.45) is 0 Å². The summed E-state index contributed by atoms with van der Waals surface area (Å²) >= 11 is 0. The number of likely N-dealkylation sites (N-methyl/N-ethyl adjacent to an activating group) is 1. The van der Waals surface area contributed by atoms with E-state index in [4.69, 9.17) is 5.11 Å². The van der Waals surface area contributed by atoms with E-state index in [-0.39, 0.29) is 6.61 Å². The van der Waals surface area contributed by atoms with Crippen LogP contribution in [0.5, 0.6) is 0 Å². The molecule has 3 nitrogen and oxygen atoms in total. The van der Waals surface area contributed by atoms with Crippen molar-refractivity contribution in [3.8, 4) is 0 Å². The zero-order valence-corrected chi connectivity index (χ0v) is 6.58. The Morgan fingerprint density at radius 3 is 3.00 bits per heavy atom. The first-order chi connectivity index (χ1) is 4.84. The van der Waals surface area contributed by atoms with Gasteiger partial charge in [0, 0.05) is 13.0 Å². The molecule has 0 bridgehead atoms. The van der Waals surface area contributed by atoms with Crippen LogP contribution in [0.15, 0.2) is 0 Å². The van der Waals surface area contributed by atoms with Gasteiger partial charge in [-0.15, -0.1) is 0 Å². The lowest BCUT2D eigenvalue weighted by Gasteiger charge is -2.19. The molecule has 1 aliphatic rings. The maximum Gasteiger partial charge on any atom is 0.0915 e. The standard InChI is InChI=1S/C7H16N2O/c1-9(4-5-10)7-2-3-8-6-7/h7-8,10H,2-6H2,1H3/p+1. The predicted octanol–water partition coefficient (Wildman–Crippen LogP) is -1.75. The first kappa shape index (κ1) is 7.98. The van der Waals surface area contributed by atoms with Crippen molar-refractivity contribution < 1.29 is 10.4 Å². The lowest BCUT2D eigenvalue weighted by molar-refractivity contribution is -0.637. The highest BCUT2D eigenvalue weighted by Gasteiger charge is 2.21. The molecule has 1 heterocycles. The van der Waals surface area contributed by atoms with Gasteiger partial charge in [0.05, 0.1) is 25.7 Å². The molecule has 60 valence electrons. The Labute approximate surface area is 62.0 Å². The fourth-order valence-electron chi connectivity index (χ4n) is 1.48. The number of hydrogen-bond donors (Lipinski definition) is 2. The maximum atomic E-state index is 8.65. The van der Waals surface area contributed by atoms with Crippen LogP contribution in [0, 0.1) is 0 Å². The molecule has 1 unspecified atom stereocenters. The number of hydrogen-bond acceptors (Lipinski definition) is 2. The van der Waals surface area contributed by atoms with Gasteiger partial charge in [0.15, 0.2) is 0 Å². The fourth-order valence-corrected chi connectivity index (χ4v) is 1.48. The highest BCUT2D eigenvalue weighted by atomic mass is 16.3. The molecule has 3 N–H and O–H groups in total. The quantitative estimate of drug-likeness (QED) is 0.494. The van der Waals surface area contributed by atoms with Gasteiger partial charge >= 0.3 is 0 Å². The van der Waals surface area contributed by atoms with Gasteiger partial charge in [-0.25, -0.2) is 0 Å². The molecule has 0 aromatic heterocycles. The smallest absolute Gasteiger partial charge is 0.0915 e. The largest absolute Gasteiger partial charge is 0.395 e. The molecule has 1 saturated heterocycles. The molecule has 0 aromatic carbocycles. The zero-order chi connectivity index (χ0) is 7.40. The molecule has 0 aromatic rings. The Bertz CT molecular complexity index is 91.6. The monoisotopic (exact) mass is 145 g/mol. The molecule has 1 atom stereocenters. The Kier molecular flexibility index (Phi) is 3.12. The van der Waals surface area contributed by atoms with Crippen molar-refractivity contribution >= 4 is 0 Å². The lowest BCUT2D eigenvalue weighted by Crippen LogP contribution is -2.82. The third-order valence-corrected chi connectivity index (χ3v) is 2.22. The molecule has 0 radical (unpaired) electrons. The summed E-state index contributed by atoms with van der Waals surface area (Å²) in [7, 11) is 2.08. The molecule has 1 fully saturated rings. The minimum atomic E-state index is 0.285. The van der Waals surface area contributed by atoms with E-state index in [0.717, 1.165) is 6.54 Å². The van der Waals surface area contributed by atoms with E-state index in [0.29, 0.717) is 6.04 Å². The third kappa shape index (κ3) is 1.94. The van der Waals surface area contributed by atoms with Gasteiger partial charge in [-0.05, 0) is 7.05 Å². The lowest BCUT2D eigenvalue weighted by atomic mass is 10.2. The van der Waals surface area contributed by atoms with Gasteiger partial charge in [0.1, 0.15) is 0 Å². The van der Waals surface area contributed by atoms with Gasteiger partial charge in [-0.2, -0.15) is 0 Å². The number of rotatable bonds is 3. The number of nitrogens with zero attached hydrogens (tertiary/aromatic N) is 1. The summed E-state index contributed by atoms with van der Waals surface area (Å²) in [5, 5.41) is 11.0. The summed E-state index contributed by atoms with van der Waals surface area (Å²) in [6.45, 7) is 3.56. The van der Waals surface area contributed by atoms with Crippen molar-refractivity contribution in [1.82, 2.24) is 4.90 Å². The van der Waals surface area contributed by atoms with E-state index in [1.165, 1.54) is 19.5 Å². The summed E-state index contributed by atoms with van der Waals surface area (Å²) in [4.78, 5) is 2.24.